The van der Waals surface area contributed by atoms with E-state index in [1.165, 1.54) is 5.52 Å². The van der Waals surface area contributed by atoms with Crippen LogP contribution in [0.15, 0.2) is 30.6 Å². The van der Waals surface area contributed by atoms with Gasteiger partial charge in [-0.3, -0.25) is 0 Å². The van der Waals surface area contributed by atoms with Crippen LogP contribution < -0.4 is 0 Å². The molecule has 4 nitrogen and oxygen atoms in total. The quantitative estimate of drug-likeness (QED) is 0.801. The molecule has 4 heteroatoms. The van der Waals surface area contributed by atoms with E-state index in [1.807, 2.05) is 12.4 Å². The number of rotatable bonds is 1. The summed E-state index contributed by atoms with van der Waals surface area (Å²) in [6, 6.07) is 8.87. The van der Waals surface area contributed by atoms with Gasteiger partial charge in [0.15, 0.2) is 0 Å². The molecule has 1 aromatic heterocycles. The fourth-order valence-corrected chi connectivity index (χ4v) is 3.60. The summed E-state index contributed by atoms with van der Waals surface area (Å²) in [6.07, 6.45) is 6.19. The van der Waals surface area contributed by atoms with Crippen LogP contribution in [0, 0.1) is 0 Å². The summed E-state index contributed by atoms with van der Waals surface area (Å²) in [4.78, 5) is 4.52. The molecular formula is C16H20N2O2. The molecular weight excluding hydrogens is 252 g/mol. The molecule has 0 N–H and O–H groups in total. The lowest BCUT2D eigenvalue weighted by Crippen LogP contribution is -2.44. The summed E-state index contributed by atoms with van der Waals surface area (Å²) in [5, 5.41) is 0. The van der Waals surface area contributed by atoms with Crippen LogP contribution in [0.25, 0.3) is 11.0 Å². The highest BCUT2D eigenvalue weighted by Crippen LogP contribution is 2.39. The van der Waals surface area contributed by atoms with E-state index in [0.29, 0.717) is 6.04 Å². The Balaban J connectivity index is 1.64. The summed E-state index contributed by atoms with van der Waals surface area (Å²) < 4.78 is 14.0. The highest BCUT2D eigenvalue weighted by Gasteiger charge is 2.39. The van der Waals surface area contributed by atoms with Crippen molar-refractivity contribution in [1.82, 2.24) is 9.55 Å². The van der Waals surface area contributed by atoms with Gasteiger partial charge in [0.2, 0.25) is 0 Å². The molecule has 2 aromatic rings. The minimum atomic E-state index is 0.0343. The number of benzene rings is 1. The van der Waals surface area contributed by atoms with E-state index in [2.05, 4.69) is 27.8 Å². The maximum Gasteiger partial charge on any atom is 0.0960 e. The van der Waals surface area contributed by atoms with Gasteiger partial charge in [-0.25, -0.2) is 4.98 Å². The third-order valence-corrected chi connectivity index (χ3v) is 4.75. The van der Waals surface area contributed by atoms with Gasteiger partial charge in [-0.15, -0.1) is 0 Å². The van der Waals surface area contributed by atoms with E-state index < -0.39 is 0 Å². The van der Waals surface area contributed by atoms with E-state index in [0.717, 1.165) is 51.0 Å². The predicted octanol–water partition coefficient (Wildman–Crippen LogP) is 2.94. The van der Waals surface area contributed by atoms with Crippen molar-refractivity contribution in [2.45, 2.75) is 37.3 Å². The van der Waals surface area contributed by atoms with Crippen LogP contribution in [0.5, 0.6) is 0 Å². The molecule has 0 bridgehead atoms. The van der Waals surface area contributed by atoms with Crippen LogP contribution in [0.1, 0.15) is 31.7 Å². The van der Waals surface area contributed by atoms with Crippen molar-refractivity contribution in [3.8, 4) is 0 Å². The van der Waals surface area contributed by atoms with Gasteiger partial charge in [-0.2, -0.15) is 0 Å². The molecule has 1 aromatic carbocycles. The highest BCUT2D eigenvalue weighted by molar-refractivity contribution is 5.75. The van der Waals surface area contributed by atoms with Gasteiger partial charge >= 0.3 is 0 Å². The zero-order chi connectivity index (χ0) is 13.4. The third-order valence-electron chi connectivity index (χ3n) is 4.75. The molecule has 2 saturated heterocycles. The number of hydrogen-bond acceptors (Lipinski definition) is 3. The van der Waals surface area contributed by atoms with Gasteiger partial charge in [0, 0.05) is 25.9 Å². The fraction of sp³-hybridized carbons (Fsp3) is 0.562. The van der Waals surface area contributed by atoms with E-state index >= 15 is 0 Å². The Morgan fingerprint density at radius 3 is 2.90 bits per heavy atom. The molecule has 4 rings (SSSR count). The third kappa shape index (κ3) is 2.03. The molecule has 1 atom stereocenters. The van der Waals surface area contributed by atoms with Crippen LogP contribution in [-0.2, 0) is 9.47 Å². The lowest BCUT2D eigenvalue weighted by atomic mass is 9.84. The Morgan fingerprint density at radius 1 is 1.15 bits per heavy atom. The van der Waals surface area contributed by atoms with Crippen LogP contribution in [0.3, 0.4) is 0 Å². The smallest absolute Gasteiger partial charge is 0.0960 e. The summed E-state index contributed by atoms with van der Waals surface area (Å²) in [7, 11) is 0. The standard InChI is InChI=1S/C16H20N2O2/c1-2-4-15-14(3-1)17-12-18(15)13-5-8-20-16(11-13)6-9-19-10-7-16/h1-4,12-13H,5-11H2. The molecule has 0 aliphatic carbocycles. The maximum atomic E-state index is 6.13. The molecule has 2 fully saturated rings. The molecule has 1 unspecified atom stereocenters. The molecule has 106 valence electrons. The SMILES string of the molecule is c1ccc2c(c1)ncn2C1CCOC2(CCOCC2)C1. The maximum absolute atomic E-state index is 6.13. The average molecular weight is 272 g/mol. The molecule has 0 amide bonds. The van der Waals surface area contributed by atoms with Crippen molar-refractivity contribution in [1.29, 1.82) is 0 Å². The van der Waals surface area contributed by atoms with Crippen molar-refractivity contribution in [3.63, 3.8) is 0 Å². The normalized spacial score (nSPS) is 26.1. The molecule has 2 aliphatic heterocycles. The zero-order valence-electron chi connectivity index (χ0n) is 11.6. The van der Waals surface area contributed by atoms with Gasteiger partial charge < -0.3 is 14.0 Å². The van der Waals surface area contributed by atoms with Gasteiger partial charge in [-0.05, 0) is 37.8 Å². The number of imidazole rings is 1. The van der Waals surface area contributed by atoms with Gasteiger partial charge in [0.05, 0.1) is 23.0 Å². The number of ether oxygens (including phenoxy) is 2. The van der Waals surface area contributed by atoms with Crippen molar-refractivity contribution in [3.05, 3.63) is 30.6 Å². The molecule has 0 radical (unpaired) electrons. The monoisotopic (exact) mass is 272 g/mol. The van der Waals surface area contributed by atoms with Crippen molar-refractivity contribution in [2.24, 2.45) is 0 Å². The van der Waals surface area contributed by atoms with Crippen LogP contribution in [-0.4, -0.2) is 35.0 Å². The first kappa shape index (κ1) is 12.4. The summed E-state index contributed by atoms with van der Waals surface area (Å²) in [6.45, 7) is 2.51. The van der Waals surface area contributed by atoms with Crippen LogP contribution >= 0.6 is 0 Å². The van der Waals surface area contributed by atoms with Gasteiger partial charge in [0.1, 0.15) is 0 Å². The van der Waals surface area contributed by atoms with Gasteiger partial charge in [0.25, 0.3) is 0 Å². The molecule has 0 saturated carbocycles. The van der Waals surface area contributed by atoms with E-state index in [9.17, 15) is 0 Å². The van der Waals surface area contributed by atoms with Crippen LogP contribution in [0.4, 0.5) is 0 Å². The zero-order valence-corrected chi connectivity index (χ0v) is 11.6. The second-order valence-corrected chi connectivity index (χ2v) is 5.93. The Bertz CT molecular complexity index is 596. The highest BCUT2D eigenvalue weighted by atomic mass is 16.5. The van der Waals surface area contributed by atoms with Crippen molar-refractivity contribution < 1.29 is 9.47 Å². The first-order valence-electron chi connectivity index (χ1n) is 7.50. The molecule has 1 spiro atoms. The molecule has 3 heterocycles. The summed E-state index contributed by atoms with van der Waals surface area (Å²) in [5.74, 6) is 0. The fourth-order valence-electron chi connectivity index (χ4n) is 3.60. The van der Waals surface area contributed by atoms with Crippen LogP contribution in [0.2, 0.25) is 0 Å². The number of hydrogen-bond donors (Lipinski definition) is 0. The lowest BCUT2D eigenvalue weighted by Gasteiger charge is -2.43. The summed E-state index contributed by atoms with van der Waals surface area (Å²) in [5.41, 5.74) is 2.36. The van der Waals surface area contributed by atoms with Crippen molar-refractivity contribution >= 4 is 11.0 Å². The second kappa shape index (κ2) is 4.86. The first-order chi connectivity index (χ1) is 9.86. The van der Waals surface area contributed by atoms with Gasteiger partial charge in [-0.1, -0.05) is 12.1 Å². The minimum Gasteiger partial charge on any atom is -0.381 e. The first-order valence-corrected chi connectivity index (χ1v) is 7.50. The number of para-hydroxylation sites is 2. The average Bonchev–Trinajstić information content (AvgIpc) is 2.92. The molecule has 20 heavy (non-hydrogen) atoms. The Morgan fingerprint density at radius 2 is 2.00 bits per heavy atom. The number of fused-ring (bicyclic) bond motifs is 1. The summed E-state index contributed by atoms with van der Waals surface area (Å²) >= 11 is 0. The van der Waals surface area contributed by atoms with E-state index in [1.54, 1.807) is 0 Å². The minimum absolute atomic E-state index is 0.0343. The Kier molecular flexibility index (Phi) is 3.00. The molecule has 2 aliphatic rings. The topological polar surface area (TPSA) is 36.3 Å². The predicted molar refractivity (Wildman–Crippen MR) is 76.7 cm³/mol. The van der Waals surface area contributed by atoms with E-state index in [-0.39, 0.29) is 5.60 Å². The largest absolute Gasteiger partial charge is 0.381 e. The number of nitrogens with zero attached hydrogens (tertiary/aromatic N) is 2. The Labute approximate surface area is 118 Å². The van der Waals surface area contributed by atoms with Crippen molar-refractivity contribution in [2.75, 3.05) is 19.8 Å². The lowest BCUT2D eigenvalue weighted by molar-refractivity contribution is -0.144. The number of aromatic nitrogens is 2. The van der Waals surface area contributed by atoms with E-state index in [4.69, 9.17) is 9.47 Å². The Hall–Kier alpha value is -1.39. The second-order valence-electron chi connectivity index (χ2n) is 5.93.